The molecule has 1 aliphatic rings. The summed E-state index contributed by atoms with van der Waals surface area (Å²) in [5, 5.41) is 11.5. The Bertz CT molecular complexity index is 1230. The van der Waals surface area contributed by atoms with Crippen LogP contribution in [0, 0.1) is 13.8 Å². The molecule has 4 rings (SSSR count). The molecule has 0 amide bonds. The largest absolute Gasteiger partial charge is 0.416 e. The molecule has 3 aromatic rings. The summed E-state index contributed by atoms with van der Waals surface area (Å²) in [4.78, 5) is 2.30. The highest BCUT2D eigenvalue weighted by Crippen LogP contribution is 2.29. The summed E-state index contributed by atoms with van der Waals surface area (Å²) >= 11 is 0. The van der Waals surface area contributed by atoms with E-state index >= 15 is 0 Å². The Hall–Kier alpha value is -2.83. The number of rotatable bonds is 5. The maximum atomic E-state index is 13.0. The van der Waals surface area contributed by atoms with Crippen LogP contribution in [0.3, 0.4) is 0 Å². The topological polar surface area (TPSA) is 84.2 Å². The van der Waals surface area contributed by atoms with Crippen LogP contribution in [0.5, 0.6) is 0 Å². The van der Waals surface area contributed by atoms with Gasteiger partial charge in [0.1, 0.15) is 0 Å². The van der Waals surface area contributed by atoms with Gasteiger partial charge in [0.25, 0.3) is 0 Å². The fraction of sp³-hybridized carbons (Fsp3) is 0.381. The molecule has 1 fully saturated rings. The number of tetrazole rings is 1. The first-order valence-electron chi connectivity index (χ1n) is 10.3. The second-order valence-electron chi connectivity index (χ2n) is 7.98. The summed E-state index contributed by atoms with van der Waals surface area (Å²) in [6.45, 7) is 5.74. The fourth-order valence-electron chi connectivity index (χ4n) is 3.65. The van der Waals surface area contributed by atoms with Crippen molar-refractivity contribution in [3.8, 4) is 5.69 Å². The summed E-state index contributed by atoms with van der Waals surface area (Å²) in [7, 11) is -3.58. The molecule has 0 unspecified atom stereocenters. The van der Waals surface area contributed by atoms with E-state index in [0.29, 0.717) is 44.2 Å². The first-order chi connectivity index (χ1) is 15.6. The minimum atomic E-state index is -4.42. The van der Waals surface area contributed by atoms with E-state index < -0.39 is 21.8 Å². The monoisotopic (exact) mass is 480 g/mol. The lowest BCUT2D eigenvalue weighted by Crippen LogP contribution is -2.48. The molecule has 0 bridgehead atoms. The third-order valence-corrected chi connectivity index (χ3v) is 7.68. The van der Waals surface area contributed by atoms with Crippen LogP contribution in [0.15, 0.2) is 47.4 Å². The predicted octanol–water partition coefficient (Wildman–Crippen LogP) is 2.80. The highest BCUT2D eigenvalue weighted by molar-refractivity contribution is 7.89. The Kier molecular flexibility index (Phi) is 6.25. The zero-order valence-electron chi connectivity index (χ0n) is 18.1. The van der Waals surface area contributed by atoms with Gasteiger partial charge in [0.15, 0.2) is 5.82 Å². The van der Waals surface area contributed by atoms with E-state index in [1.54, 1.807) is 18.2 Å². The molecule has 176 valence electrons. The van der Waals surface area contributed by atoms with Gasteiger partial charge in [-0.2, -0.15) is 22.2 Å². The third-order valence-electron chi connectivity index (χ3n) is 5.79. The number of sulfonamides is 1. The summed E-state index contributed by atoms with van der Waals surface area (Å²) in [6, 6.07) is 9.72. The predicted molar refractivity (Wildman–Crippen MR) is 114 cm³/mol. The summed E-state index contributed by atoms with van der Waals surface area (Å²) in [5.41, 5.74) is 1.62. The van der Waals surface area contributed by atoms with Gasteiger partial charge in [-0.05, 0) is 71.8 Å². The van der Waals surface area contributed by atoms with Crippen molar-refractivity contribution in [2.75, 3.05) is 26.2 Å². The van der Waals surface area contributed by atoms with Crippen molar-refractivity contribution >= 4 is 10.0 Å². The van der Waals surface area contributed by atoms with Crippen molar-refractivity contribution in [2.45, 2.75) is 31.5 Å². The van der Waals surface area contributed by atoms with Gasteiger partial charge >= 0.3 is 6.18 Å². The summed E-state index contributed by atoms with van der Waals surface area (Å²) in [6.07, 6.45) is -4.42. The highest BCUT2D eigenvalue weighted by atomic mass is 32.2. The lowest BCUT2D eigenvalue weighted by Gasteiger charge is -2.33. The van der Waals surface area contributed by atoms with Crippen LogP contribution < -0.4 is 0 Å². The Labute approximate surface area is 189 Å². The molecule has 0 aliphatic carbocycles. The number of alkyl halides is 3. The second kappa shape index (κ2) is 8.84. The Morgan fingerprint density at radius 1 is 0.939 bits per heavy atom. The van der Waals surface area contributed by atoms with E-state index in [0.717, 1.165) is 23.3 Å². The lowest BCUT2D eigenvalue weighted by molar-refractivity contribution is -0.137. The Morgan fingerprint density at radius 2 is 1.61 bits per heavy atom. The molecule has 0 N–H and O–H groups in total. The van der Waals surface area contributed by atoms with Gasteiger partial charge in [0, 0.05) is 26.2 Å². The first kappa shape index (κ1) is 23.3. The summed E-state index contributed by atoms with van der Waals surface area (Å²) in [5.74, 6) is 0.459. The molecule has 0 atom stereocenters. The van der Waals surface area contributed by atoms with Crippen LogP contribution in [-0.2, 0) is 22.7 Å². The molecule has 0 spiro atoms. The minimum absolute atomic E-state index is 0.283. The van der Waals surface area contributed by atoms with E-state index in [4.69, 9.17) is 0 Å². The van der Waals surface area contributed by atoms with Gasteiger partial charge in [-0.3, -0.25) is 4.90 Å². The van der Waals surface area contributed by atoms with Gasteiger partial charge in [-0.1, -0.05) is 6.07 Å². The average Bonchev–Trinajstić information content (AvgIpc) is 3.23. The quantitative estimate of drug-likeness (QED) is 0.559. The molecule has 0 radical (unpaired) electrons. The molecule has 2 heterocycles. The number of hydrogen-bond acceptors (Lipinski definition) is 6. The SMILES string of the molecule is Cc1ccc(S(=O)(=O)N2CCN(Cc3nnnn3-c3ccc(C(F)(F)F)cc3)CC2)cc1C. The highest BCUT2D eigenvalue weighted by Gasteiger charge is 2.31. The van der Waals surface area contributed by atoms with E-state index in [2.05, 4.69) is 15.5 Å². The minimum Gasteiger partial charge on any atom is -0.293 e. The van der Waals surface area contributed by atoms with E-state index in [1.165, 1.54) is 21.1 Å². The number of hydrogen-bond donors (Lipinski definition) is 0. The van der Waals surface area contributed by atoms with Gasteiger partial charge in [0.05, 0.1) is 22.7 Å². The molecular weight excluding hydrogens is 457 g/mol. The third kappa shape index (κ3) is 4.92. The zero-order valence-corrected chi connectivity index (χ0v) is 18.9. The number of aryl methyl sites for hydroxylation is 2. The normalized spacial score (nSPS) is 16.3. The molecule has 12 heteroatoms. The molecule has 0 saturated carbocycles. The van der Waals surface area contributed by atoms with E-state index in [1.807, 2.05) is 18.7 Å². The van der Waals surface area contributed by atoms with Crippen molar-refractivity contribution in [3.05, 3.63) is 65.0 Å². The number of halogens is 3. The van der Waals surface area contributed by atoms with Crippen molar-refractivity contribution in [1.82, 2.24) is 29.4 Å². The average molecular weight is 481 g/mol. The molecule has 8 nitrogen and oxygen atoms in total. The molecule has 1 aliphatic heterocycles. The molecule has 1 aromatic heterocycles. The molecular formula is C21H23F3N6O2S. The Morgan fingerprint density at radius 3 is 2.21 bits per heavy atom. The van der Waals surface area contributed by atoms with Gasteiger partial charge < -0.3 is 0 Å². The van der Waals surface area contributed by atoms with Crippen LogP contribution in [0.2, 0.25) is 0 Å². The second-order valence-corrected chi connectivity index (χ2v) is 9.92. The molecule has 1 saturated heterocycles. The molecule has 2 aromatic carbocycles. The standard InChI is InChI=1S/C21H23F3N6O2S/c1-15-3-8-19(13-16(15)2)33(31,32)29-11-9-28(10-12-29)14-20-25-26-27-30(20)18-6-4-17(5-7-18)21(22,23)24/h3-8,13H,9-12,14H2,1-2H3. The van der Waals surface area contributed by atoms with Crippen molar-refractivity contribution in [1.29, 1.82) is 0 Å². The van der Waals surface area contributed by atoms with Gasteiger partial charge in [0.2, 0.25) is 10.0 Å². The Balaban J connectivity index is 1.42. The number of aromatic nitrogens is 4. The van der Waals surface area contributed by atoms with Crippen molar-refractivity contribution < 1.29 is 21.6 Å². The molecule has 33 heavy (non-hydrogen) atoms. The van der Waals surface area contributed by atoms with Gasteiger partial charge in [-0.25, -0.2) is 8.42 Å². The van der Waals surface area contributed by atoms with E-state index in [-0.39, 0.29) is 4.90 Å². The lowest BCUT2D eigenvalue weighted by atomic mass is 10.1. The van der Waals surface area contributed by atoms with Crippen LogP contribution in [0.4, 0.5) is 13.2 Å². The van der Waals surface area contributed by atoms with E-state index in [9.17, 15) is 21.6 Å². The van der Waals surface area contributed by atoms with Crippen LogP contribution >= 0.6 is 0 Å². The number of piperazine rings is 1. The van der Waals surface area contributed by atoms with Crippen molar-refractivity contribution in [2.24, 2.45) is 0 Å². The van der Waals surface area contributed by atoms with Crippen LogP contribution in [0.1, 0.15) is 22.5 Å². The maximum absolute atomic E-state index is 13.0. The van der Waals surface area contributed by atoms with Crippen LogP contribution in [0.25, 0.3) is 5.69 Å². The summed E-state index contributed by atoms with van der Waals surface area (Å²) < 4.78 is 67.3. The van der Waals surface area contributed by atoms with Crippen LogP contribution in [-0.4, -0.2) is 64.0 Å². The van der Waals surface area contributed by atoms with Crippen molar-refractivity contribution in [3.63, 3.8) is 0 Å². The smallest absolute Gasteiger partial charge is 0.293 e. The number of benzene rings is 2. The zero-order chi connectivity index (χ0) is 23.8. The number of nitrogens with zero attached hydrogens (tertiary/aromatic N) is 6. The fourth-order valence-corrected chi connectivity index (χ4v) is 5.16. The van der Waals surface area contributed by atoms with Gasteiger partial charge in [-0.15, -0.1) is 5.10 Å². The maximum Gasteiger partial charge on any atom is 0.416 e. The first-order valence-corrected chi connectivity index (χ1v) is 11.7.